The van der Waals surface area contributed by atoms with Crippen molar-refractivity contribution in [3.8, 4) is 5.69 Å². The number of nitrogens with one attached hydrogen (secondary N) is 1. The summed E-state index contributed by atoms with van der Waals surface area (Å²) < 4.78 is 1.89. The van der Waals surface area contributed by atoms with Crippen LogP contribution in [0.25, 0.3) is 5.69 Å². The SMILES string of the molecule is Cc1nnc(SCC(=O)N2CCNC2=O)n1-c1ccccc1. The van der Waals surface area contributed by atoms with E-state index in [1.165, 1.54) is 16.7 Å². The molecule has 0 radical (unpaired) electrons. The number of aryl methyl sites for hydroxylation is 1. The van der Waals surface area contributed by atoms with Crippen LogP contribution in [-0.4, -0.2) is 50.4 Å². The zero-order valence-electron chi connectivity index (χ0n) is 12.0. The Bertz CT molecular complexity index is 701. The summed E-state index contributed by atoms with van der Waals surface area (Å²) in [7, 11) is 0. The molecule has 0 unspecified atom stereocenters. The van der Waals surface area contributed by atoms with E-state index < -0.39 is 0 Å². The minimum Gasteiger partial charge on any atom is -0.336 e. The molecule has 7 nitrogen and oxygen atoms in total. The highest BCUT2D eigenvalue weighted by Crippen LogP contribution is 2.22. The van der Waals surface area contributed by atoms with Gasteiger partial charge in [0.1, 0.15) is 5.82 Å². The van der Waals surface area contributed by atoms with Crippen LogP contribution in [0.4, 0.5) is 4.79 Å². The van der Waals surface area contributed by atoms with Gasteiger partial charge in [-0.05, 0) is 19.1 Å². The van der Waals surface area contributed by atoms with E-state index in [0.29, 0.717) is 18.2 Å². The van der Waals surface area contributed by atoms with Crippen LogP contribution in [-0.2, 0) is 4.79 Å². The second kappa shape index (κ2) is 6.18. The maximum absolute atomic E-state index is 12.1. The summed E-state index contributed by atoms with van der Waals surface area (Å²) in [6.45, 7) is 2.79. The largest absolute Gasteiger partial charge is 0.336 e. The first kappa shape index (κ1) is 14.6. The number of para-hydroxylation sites is 1. The van der Waals surface area contributed by atoms with E-state index >= 15 is 0 Å². The molecule has 114 valence electrons. The molecular weight excluding hydrogens is 302 g/mol. The average Bonchev–Trinajstić information content (AvgIpc) is 3.11. The third-order valence-electron chi connectivity index (χ3n) is 3.29. The Hall–Kier alpha value is -2.35. The maximum atomic E-state index is 12.1. The fourth-order valence-electron chi connectivity index (χ4n) is 2.22. The van der Waals surface area contributed by atoms with Crippen LogP contribution in [0.15, 0.2) is 35.5 Å². The molecule has 0 atom stereocenters. The smallest absolute Gasteiger partial charge is 0.324 e. The molecule has 0 bridgehead atoms. The molecule has 2 aromatic rings. The second-order valence-corrected chi connectivity index (χ2v) is 5.71. The summed E-state index contributed by atoms with van der Waals surface area (Å²) in [6.07, 6.45) is 0. The highest BCUT2D eigenvalue weighted by molar-refractivity contribution is 7.99. The molecule has 3 rings (SSSR count). The quantitative estimate of drug-likeness (QED) is 0.858. The Morgan fingerprint density at radius 3 is 2.77 bits per heavy atom. The Morgan fingerprint density at radius 1 is 1.32 bits per heavy atom. The van der Waals surface area contributed by atoms with E-state index in [-0.39, 0.29) is 17.7 Å². The van der Waals surface area contributed by atoms with Gasteiger partial charge in [0.05, 0.1) is 5.75 Å². The molecule has 1 aliphatic rings. The van der Waals surface area contributed by atoms with Gasteiger partial charge >= 0.3 is 6.03 Å². The molecule has 3 amide bonds. The van der Waals surface area contributed by atoms with E-state index in [1.54, 1.807) is 0 Å². The highest BCUT2D eigenvalue weighted by atomic mass is 32.2. The number of carbonyl (C=O) groups is 2. The van der Waals surface area contributed by atoms with E-state index in [2.05, 4.69) is 15.5 Å². The third kappa shape index (κ3) is 2.82. The highest BCUT2D eigenvalue weighted by Gasteiger charge is 2.26. The number of rotatable bonds is 4. The number of hydrogen-bond acceptors (Lipinski definition) is 5. The molecule has 8 heteroatoms. The molecule has 1 aromatic carbocycles. The predicted octanol–water partition coefficient (Wildman–Crippen LogP) is 1.22. The molecule has 1 aliphatic heterocycles. The minimum atomic E-state index is -0.327. The normalized spacial score (nSPS) is 14.2. The summed E-state index contributed by atoms with van der Waals surface area (Å²) in [6, 6.07) is 9.38. The van der Waals surface area contributed by atoms with Crippen LogP contribution in [0.5, 0.6) is 0 Å². The molecule has 1 fully saturated rings. The number of urea groups is 1. The van der Waals surface area contributed by atoms with Crippen LogP contribution < -0.4 is 5.32 Å². The predicted molar refractivity (Wildman–Crippen MR) is 81.9 cm³/mol. The average molecular weight is 317 g/mol. The van der Waals surface area contributed by atoms with Crippen molar-refractivity contribution in [1.29, 1.82) is 0 Å². The van der Waals surface area contributed by atoms with Crippen molar-refractivity contribution in [3.05, 3.63) is 36.2 Å². The maximum Gasteiger partial charge on any atom is 0.324 e. The van der Waals surface area contributed by atoms with Crippen molar-refractivity contribution in [3.63, 3.8) is 0 Å². The van der Waals surface area contributed by atoms with Crippen LogP contribution in [0.2, 0.25) is 0 Å². The van der Waals surface area contributed by atoms with Gasteiger partial charge in [0.25, 0.3) is 0 Å². The number of amides is 3. The van der Waals surface area contributed by atoms with Crippen LogP contribution >= 0.6 is 11.8 Å². The zero-order valence-corrected chi connectivity index (χ0v) is 12.8. The van der Waals surface area contributed by atoms with Crippen molar-refractivity contribution in [2.45, 2.75) is 12.1 Å². The van der Waals surface area contributed by atoms with E-state index in [4.69, 9.17) is 0 Å². The number of nitrogens with zero attached hydrogens (tertiary/aromatic N) is 4. The van der Waals surface area contributed by atoms with Crippen LogP contribution in [0.3, 0.4) is 0 Å². The van der Waals surface area contributed by atoms with Crippen molar-refractivity contribution in [2.75, 3.05) is 18.8 Å². The summed E-state index contributed by atoms with van der Waals surface area (Å²) in [4.78, 5) is 24.8. The Morgan fingerprint density at radius 2 is 2.09 bits per heavy atom. The Labute approximate surface area is 131 Å². The third-order valence-corrected chi connectivity index (χ3v) is 4.21. The summed E-state index contributed by atoms with van der Waals surface area (Å²) in [5.41, 5.74) is 0.943. The standard InChI is InChI=1S/C14H15N5O2S/c1-10-16-17-14(19(10)11-5-3-2-4-6-11)22-9-12(20)18-8-7-15-13(18)21/h2-6H,7-9H2,1H3,(H,15,21). The number of hydrogen-bond donors (Lipinski definition) is 1. The van der Waals surface area contributed by atoms with E-state index in [0.717, 1.165) is 11.5 Å². The number of thioether (sulfide) groups is 1. The first-order valence-electron chi connectivity index (χ1n) is 6.85. The van der Waals surface area contributed by atoms with Gasteiger partial charge in [-0.15, -0.1) is 10.2 Å². The lowest BCUT2D eigenvalue weighted by Crippen LogP contribution is -2.35. The fraction of sp³-hybridized carbons (Fsp3) is 0.286. The van der Waals surface area contributed by atoms with Gasteiger partial charge < -0.3 is 5.32 Å². The second-order valence-electron chi connectivity index (χ2n) is 4.77. The van der Waals surface area contributed by atoms with Crippen molar-refractivity contribution in [1.82, 2.24) is 25.0 Å². The van der Waals surface area contributed by atoms with Gasteiger partial charge in [-0.25, -0.2) is 4.79 Å². The summed E-state index contributed by atoms with van der Waals surface area (Å²) in [5, 5.41) is 11.4. The molecule has 1 N–H and O–H groups in total. The first-order chi connectivity index (χ1) is 10.7. The molecule has 0 saturated carbocycles. The summed E-state index contributed by atoms with van der Waals surface area (Å²) >= 11 is 1.28. The van der Waals surface area contributed by atoms with Gasteiger partial charge in [-0.2, -0.15) is 0 Å². The Kier molecular flexibility index (Phi) is 4.10. The lowest BCUT2D eigenvalue weighted by atomic mass is 10.3. The number of carbonyl (C=O) groups excluding carboxylic acids is 2. The first-order valence-corrected chi connectivity index (χ1v) is 7.84. The van der Waals surface area contributed by atoms with Gasteiger partial charge in [-0.1, -0.05) is 30.0 Å². The zero-order chi connectivity index (χ0) is 15.5. The van der Waals surface area contributed by atoms with Crippen molar-refractivity contribution in [2.24, 2.45) is 0 Å². The lowest BCUT2D eigenvalue weighted by molar-refractivity contribution is -0.124. The molecule has 22 heavy (non-hydrogen) atoms. The number of imide groups is 1. The van der Waals surface area contributed by atoms with Crippen molar-refractivity contribution >= 4 is 23.7 Å². The Balaban J connectivity index is 1.74. The molecule has 1 aromatic heterocycles. The van der Waals surface area contributed by atoms with Crippen LogP contribution in [0.1, 0.15) is 5.82 Å². The molecular formula is C14H15N5O2S. The number of benzene rings is 1. The minimum absolute atomic E-state index is 0.151. The van der Waals surface area contributed by atoms with E-state index in [9.17, 15) is 9.59 Å². The van der Waals surface area contributed by atoms with Gasteiger partial charge in [0.15, 0.2) is 5.16 Å². The van der Waals surface area contributed by atoms with Gasteiger partial charge in [-0.3, -0.25) is 14.3 Å². The molecule has 2 heterocycles. The lowest BCUT2D eigenvalue weighted by Gasteiger charge is -2.12. The van der Waals surface area contributed by atoms with Crippen LogP contribution in [0, 0.1) is 6.92 Å². The summed E-state index contributed by atoms with van der Waals surface area (Å²) in [5.74, 6) is 0.679. The van der Waals surface area contributed by atoms with Crippen molar-refractivity contribution < 1.29 is 9.59 Å². The molecule has 0 aliphatic carbocycles. The fourth-order valence-corrected chi connectivity index (χ4v) is 3.10. The van der Waals surface area contributed by atoms with Gasteiger partial charge in [0.2, 0.25) is 5.91 Å². The monoisotopic (exact) mass is 317 g/mol. The van der Waals surface area contributed by atoms with Gasteiger partial charge in [0, 0.05) is 18.8 Å². The number of aromatic nitrogens is 3. The molecule has 1 saturated heterocycles. The topological polar surface area (TPSA) is 80.1 Å². The molecule has 0 spiro atoms. The van der Waals surface area contributed by atoms with E-state index in [1.807, 2.05) is 41.8 Å².